The Labute approximate surface area is 130 Å². The van der Waals surface area contributed by atoms with Crippen LogP contribution in [0.4, 0.5) is 0 Å². The Morgan fingerprint density at radius 1 is 1.41 bits per heavy atom. The average Bonchev–Trinajstić information content (AvgIpc) is 3.02. The van der Waals surface area contributed by atoms with E-state index in [1.54, 1.807) is 12.1 Å². The van der Waals surface area contributed by atoms with E-state index in [9.17, 15) is 13.2 Å². The summed E-state index contributed by atoms with van der Waals surface area (Å²) in [4.78, 5) is 14.4. The Hall–Kier alpha value is -1.44. The van der Waals surface area contributed by atoms with Gasteiger partial charge >= 0.3 is 0 Å². The molecule has 120 valence electrons. The number of nitrogens with one attached hydrogen (secondary N) is 1. The molecule has 1 amide bonds. The van der Waals surface area contributed by atoms with E-state index < -0.39 is 10.0 Å². The van der Waals surface area contributed by atoms with Gasteiger partial charge in [0.15, 0.2) is 0 Å². The molecule has 1 N–H and O–H groups in total. The zero-order chi connectivity index (χ0) is 15.8. The molecule has 6 nitrogen and oxygen atoms in total. The van der Waals surface area contributed by atoms with Crippen LogP contribution in [0.5, 0.6) is 0 Å². The molecule has 0 saturated carbocycles. The third-order valence-corrected chi connectivity index (χ3v) is 5.18. The molecule has 2 heterocycles. The standard InChI is InChI=1S/C15H20N2O4S/c1-22(19,20)16-9-15-10-17(7-13(15)8-21-11-15)14(18)12-5-3-2-4-6-12/h2-6,13,16H,7-11H2,1H3/t13-,15+/m0/s1. The summed E-state index contributed by atoms with van der Waals surface area (Å²) in [5, 5.41) is 0. The number of sulfonamides is 1. The minimum atomic E-state index is -3.25. The highest BCUT2D eigenvalue weighted by Crippen LogP contribution is 2.41. The van der Waals surface area contributed by atoms with Crippen LogP contribution in [-0.4, -0.2) is 58.3 Å². The number of amides is 1. The van der Waals surface area contributed by atoms with Crippen LogP contribution < -0.4 is 4.72 Å². The molecule has 0 bridgehead atoms. The van der Waals surface area contributed by atoms with E-state index in [-0.39, 0.29) is 17.2 Å². The van der Waals surface area contributed by atoms with E-state index in [1.165, 1.54) is 0 Å². The number of likely N-dealkylation sites (tertiary alicyclic amines) is 1. The Morgan fingerprint density at radius 2 is 2.14 bits per heavy atom. The van der Waals surface area contributed by atoms with Crippen LogP contribution in [0.2, 0.25) is 0 Å². The van der Waals surface area contributed by atoms with E-state index >= 15 is 0 Å². The van der Waals surface area contributed by atoms with Crippen LogP contribution in [0.1, 0.15) is 10.4 Å². The minimum absolute atomic E-state index is 0.00580. The van der Waals surface area contributed by atoms with Gasteiger partial charge in [-0.1, -0.05) is 18.2 Å². The van der Waals surface area contributed by atoms with E-state index in [0.29, 0.717) is 38.4 Å². The molecular weight excluding hydrogens is 304 g/mol. The largest absolute Gasteiger partial charge is 0.380 e. The van der Waals surface area contributed by atoms with Gasteiger partial charge < -0.3 is 9.64 Å². The van der Waals surface area contributed by atoms with Crippen molar-refractivity contribution in [1.29, 1.82) is 0 Å². The Balaban J connectivity index is 1.75. The molecule has 7 heteroatoms. The zero-order valence-electron chi connectivity index (χ0n) is 12.5. The predicted octanol–water partition coefficient (Wildman–Crippen LogP) is 0.324. The second-order valence-electron chi connectivity index (χ2n) is 6.22. The van der Waals surface area contributed by atoms with Crippen molar-refractivity contribution >= 4 is 15.9 Å². The molecule has 0 aliphatic carbocycles. The van der Waals surface area contributed by atoms with Gasteiger partial charge in [-0.3, -0.25) is 4.79 Å². The van der Waals surface area contributed by atoms with Crippen molar-refractivity contribution in [2.24, 2.45) is 11.3 Å². The molecule has 3 rings (SSSR count). The summed E-state index contributed by atoms with van der Waals surface area (Å²) >= 11 is 0. The van der Waals surface area contributed by atoms with Crippen LogP contribution in [0.25, 0.3) is 0 Å². The molecule has 2 fully saturated rings. The normalized spacial score (nSPS) is 27.9. The maximum Gasteiger partial charge on any atom is 0.253 e. The van der Waals surface area contributed by atoms with Crippen LogP contribution in [0.15, 0.2) is 30.3 Å². The maximum absolute atomic E-state index is 12.6. The van der Waals surface area contributed by atoms with Crippen LogP contribution >= 0.6 is 0 Å². The number of carbonyl (C=O) groups excluding carboxylic acids is 1. The first-order valence-electron chi connectivity index (χ1n) is 7.26. The summed E-state index contributed by atoms with van der Waals surface area (Å²) in [6, 6.07) is 9.16. The summed E-state index contributed by atoms with van der Waals surface area (Å²) in [6.45, 7) is 2.50. The fourth-order valence-electron chi connectivity index (χ4n) is 3.27. The highest BCUT2D eigenvalue weighted by molar-refractivity contribution is 7.88. The smallest absolute Gasteiger partial charge is 0.253 e. The average molecular weight is 324 g/mol. The van der Waals surface area contributed by atoms with Crippen molar-refractivity contribution in [2.75, 3.05) is 39.1 Å². The van der Waals surface area contributed by atoms with Crippen LogP contribution in [0, 0.1) is 11.3 Å². The Morgan fingerprint density at radius 3 is 2.82 bits per heavy atom. The number of ether oxygens (including phenoxy) is 1. The number of hydrogen-bond donors (Lipinski definition) is 1. The quantitative estimate of drug-likeness (QED) is 0.866. The van der Waals surface area contributed by atoms with Crippen molar-refractivity contribution in [1.82, 2.24) is 9.62 Å². The van der Waals surface area contributed by atoms with Crippen LogP contribution in [-0.2, 0) is 14.8 Å². The van der Waals surface area contributed by atoms with Gasteiger partial charge in [0.1, 0.15) is 0 Å². The molecule has 22 heavy (non-hydrogen) atoms. The van der Waals surface area contributed by atoms with Gasteiger partial charge in [0.25, 0.3) is 5.91 Å². The molecule has 1 aromatic rings. The Kier molecular flexibility index (Phi) is 3.96. The molecule has 0 aromatic heterocycles. The second-order valence-corrected chi connectivity index (χ2v) is 8.05. The van der Waals surface area contributed by atoms with Gasteiger partial charge in [-0.15, -0.1) is 0 Å². The molecule has 0 unspecified atom stereocenters. The first-order chi connectivity index (χ1) is 10.4. The van der Waals surface area contributed by atoms with E-state index in [0.717, 1.165) is 6.26 Å². The van der Waals surface area contributed by atoms with Gasteiger partial charge in [0, 0.05) is 36.5 Å². The summed E-state index contributed by atoms with van der Waals surface area (Å²) in [5.74, 6) is 0.170. The SMILES string of the molecule is CS(=O)(=O)NC[C@@]12COC[C@@H]1CN(C(=O)c1ccccc1)C2. The van der Waals surface area contributed by atoms with Gasteiger partial charge in [-0.2, -0.15) is 0 Å². The number of benzene rings is 1. The fourth-order valence-corrected chi connectivity index (χ4v) is 3.82. The summed E-state index contributed by atoms with van der Waals surface area (Å²) in [7, 11) is -3.25. The molecule has 1 aromatic carbocycles. The zero-order valence-corrected chi connectivity index (χ0v) is 13.3. The third-order valence-electron chi connectivity index (χ3n) is 4.52. The van der Waals surface area contributed by atoms with Gasteiger partial charge in [-0.25, -0.2) is 13.1 Å². The van der Waals surface area contributed by atoms with Crippen LogP contribution in [0.3, 0.4) is 0 Å². The highest BCUT2D eigenvalue weighted by Gasteiger charge is 2.51. The second kappa shape index (κ2) is 5.64. The number of nitrogens with zero attached hydrogens (tertiary/aromatic N) is 1. The third kappa shape index (κ3) is 3.02. The molecule has 0 spiro atoms. The number of rotatable bonds is 4. The topological polar surface area (TPSA) is 75.7 Å². The van der Waals surface area contributed by atoms with Crippen molar-refractivity contribution in [2.45, 2.75) is 0 Å². The highest BCUT2D eigenvalue weighted by atomic mass is 32.2. The molecule has 2 saturated heterocycles. The lowest BCUT2D eigenvalue weighted by Crippen LogP contribution is -2.43. The van der Waals surface area contributed by atoms with E-state index in [4.69, 9.17) is 4.74 Å². The van der Waals surface area contributed by atoms with E-state index in [1.807, 2.05) is 23.1 Å². The summed E-state index contributed by atoms with van der Waals surface area (Å²) in [5.41, 5.74) is 0.350. The van der Waals surface area contributed by atoms with E-state index in [2.05, 4.69) is 4.72 Å². The minimum Gasteiger partial charge on any atom is -0.380 e. The fraction of sp³-hybridized carbons (Fsp3) is 0.533. The lowest BCUT2D eigenvalue weighted by atomic mass is 9.81. The molecular formula is C15H20N2O4S. The molecule has 0 radical (unpaired) electrons. The first-order valence-corrected chi connectivity index (χ1v) is 9.15. The lowest BCUT2D eigenvalue weighted by molar-refractivity contribution is 0.0721. The maximum atomic E-state index is 12.6. The number of fused-ring (bicyclic) bond motifs is 1. The van der Waals surface area contributed by atoms with Gasteiger partial charge in [0.05, 0.1) is 19.5 Å². The van der Waals surface area contributed by atoms with Crippen molar-refractivity contribution < 1.29 is 17.9 Å². The van der Waals surface area contributed by atoms with Crippen molar-refractivity contribution in [3.05, 3.63) is 35.9 Å². The molecule has 2 atom stereocenters. The van der Waals surface area contributed by atoms with Crippen molar-refractivity contribution in [3.63, 3.8) is 0 Å². The van der Waals surface area contributed by atoms with Gasteiger partial charge in [0.2, 0.25) is 10.0 Å². The first kappa shape index (κ1) is 15.5. The van der Waals surface area contributed by atoms with Crippen molar-refractivity contribution in [3.8, 4) is 0 Å². The molecule has 2 aliphatic rings. The number of hydrogen-bond acceptors (Lipinski definition) is 4. The monoisotopic (exact) mass is 324 g/mol. The lowest BCUT2D eigenvalue weighted by Gasteiger charge is -2.27. The summed E-state index contributed by atoms with van der Waals surface area (Å²) < 4.78 is 30.9. The number of carbonyl (C=O) groups is 1. The predicted molar refractivity (Wildman–Crippen MR) is 81.9 cm³/mol. The summed E-state index contributed by atoms with van der Waals surface area (Å²) in [6.07, 6.45) is 1.15. The Bertz CT molecular complexity index is 661. The molecule has 2 aliphatic heterocycles. The van der Waals surface area contributed by atoms with Gasteiger partial charge in [-0.05, 0) is 12.1 Å².